The maximum atomic E-state index is 5.96. The van der Waals surface area contributed by atoms with Gasteiger partial charge in [-0.05, 0) is 12.5 Å². The first-order valence-electron chi connectivity index (χ1n) is 6.38. The van der Waals surface area contributed by atoms with Crippen LogP contribution in [0.1, 0.15) is 18.6 Å². The molecule has 0 saturated carbocycles. The maximum absolute atomic E-state index is 5.96. The number of anilines is 1. The summed E-state index contributed by atoms with van der Waals surface area (Å²) < 4.78 is 5.96. The van der Waals surface area contributed by atoms with E-state index in [9.17, 15) is 0 Å². The summed E-state index contributed by atoms with van der Waals surface area (Å²) in [5.74, 6) is 1.02. The zero-order valence-corrected chi connectivity index (χ0v) is 11.3. The maximum Gasteiger partial charge on any atom is 0.230 e. The largest absolute Gasteiger partial charge is 0.469 e. The first-order chi connectivity index (χ1) is 9.78. The van der Waals surface area contributed by atoms with Gasteiger partial charge in [0.15, 0.2) is 5.65 Å². The second kappa shape index (κ2) is 5.16. The van der Waals surface area contributed by atoms with Gasteiger partial charge in [0.1, 0.15) is 11.5 Å². The Labute approximate surface area is 116 Å². The highest BCUT2D eigenvalue weighted by molar-refractivity contribution is 5.80. The lowest BCUT2D eigenvalue weighted by atomic mass is 10.1. The molecule has 1 aromatic carbocycles. The van der Waals surface area contributed by atoms with Crippen LogP contribution in [-0.2, 0) is 0 Å². The quantitative estimate of drug-likeness (QED) is 0.761. The summed E-state index contributed by atoms with van der Waals surface area (Å²) in [6, 6.07) is 10.0. The van der Waals surface area contributed by atoms with Gasteiger partial charge >= 0.3 is 0 Å². The molecule has 0 fully saturated rings. The van der Waals surface area contributed by atoms with E-state index in [1.165, 1.54) is 0 Å². The van der Waals surface area contributed by atoms with Gasteiger partial charge in [-0.2, -0.15) is 15.1 Å². The Hall–Kier alpha value is -2.63. The number of hydrogen-bond donors (Lipinski definition) is 2. The number of fused-ring (bicyclic) bond motifs is 1. The molecule has 0 aliphatic rings. The Morgan fingerprint density at radius 2 is 2.00 bits per heavy atom. The van der Waals surface area contributed by atoms with E-state index in [4.69, 9.17) is 4.74 Å². The molecule has 1 unspecified atom stereocenters. The van der Waals surface area contributed by atoms with E-state index in [0.29, 0.717) is 17.5 Å². The van der Waals surface area contributed by atoms with Crippen LogP contribution in [0.3, 0.4) is 0 Å². The van der Waals surface area contributed by atoms with Crippen molar-refractivity contribution in [3.63, 3.8) is 0 Å². The summed E-state index contributed by atoms with van der Waals surface area (Å²) in [7, 11) is 1.77. The first-order valence-corrected chi connectivity index (χ1v) is 6.38. The van der Waals surface area contributed by atoms with E-state index in [2.05, 4.69) is 25.5 Å². The van der Waals surface area contributed by atoms with Crippen molar-refractivity contribution in [3.8, 4) is 5.88 Å². The predicted octanol–water partition coefficient (Wildman–Crippen LogP) is 2.53. The van der Waals surface area contributed by atoms with Gasteiger partial charge in [0.2, 0.25) is 11.8 Å². The molecular formula is C14H15N5O. The Morgan fingerprint density at radius 3 is 2.75 bits per heavy atom. The third kappa shape index (κ3) is 2.27. The lowest BCUT2D eigenvalue weighted by molar-refractivity contribution is 0.221. The van der Waals surface area contributed by atoms with Crippen LogP contribution in [0, 0.1) is 0 Å². The molecule has 2 heterocycles. The number of H-pyrrole nitrogens is 1. The van der Waals surface area contributed by atoms with Gasteiger partial charge in [0.05, 0.1) is 6.20 Å². The number of ether oxygens (including phenoxy) is 1. The molecule has 0 amide bonds. The molecule has 0 bridgehead atoms. The van der Waals surface area contributed by atoms with E-state index < -0.39 is 0 Å². The molecule has 0 spiro atoms. The number of aromatic nitrogens is 4. The van der Waals surface area contributed by atoms with Crippen LogP contribution in [0.2, 0.25) is 0 Å². The standard InChI is InChI=1S/C14H15N5O/c1-9(10-6-4-3-5-7-10)20-13-11-8-16-19-12(11)17-14(15-2)18-13/h3-9H,1-2H3,(H2,15,16,17,18,19). The van der Waals surface area contributed by atoms with Crippen LogP contribution < -0.4 is 10.1 Å². The minimum atomic E-state index is -0.103. The third-order valence-corrected chi connectivity index (χ3v) is 3.06. The van der Waals surface area contributed by atoms with Crippen molar-refractivity contribution in [2.24, 2.45) is 0 Å². The number of benzene rings is 1. The van der Waals surface area contributed by atoms with Crippen LogP contribution in [-0.4, -0.2) is 27.2 Å². The van der Waals surface area contributed by atoms with Gasteiger partial charge in [-0.1, -0.05) is 30.3 Å². The molecular weight excluding hydrogens is 254 g/mol. The molecule has 3 aromatic rings. The molecule has 6 heteroatoms. The van der Waals surface area contributed by atoms with Gasteiger partial charge in [-0.15, -0.1) is 0 Å². The highest BCUT2D eigenvalue weighted by Gasteiger charge is 2.14. The van der Waals surface area contributed by atoms with Crippen LogP contribution in [0.15, 0.2) is 36.5 Å². The van der Waals surface area contributed by atoms with Crippen molar-refractivity contribution >= 4 is 17.0 Å². The van der Waals surface area contributed by atoms with E-state index in [1.54, 1.807) is 13.2 Å². The molecule has 6 nitrogen and oxygen atoms in total. The van der Waals surface area contributed by atoms with Crippen LogP contribution in [0.4, 0.5) is 5.95 Å². The lowest BCUT2D eigenvalue weighted by Gasteiger charge is -2.15. The van der Waals surface area contributed by atoms with Gasteiger partial charge in [-0.25, -0.2) is 0 Å². The van der Waals surface area contributed by atoms with E-state index in [1.807, 2.05) is 37.3 Å². The summed E-state index contributed by atoms with van der Waals surface area (Å²) in [5, 5.41) is 10.5. The monoisotopic (exact) mass is 269 g/mol. The van der Waals surface area contributed by atoms with Crippen molar-refractivity contribution in [2.45, 2.75) is 13.0 Å². The van der Waals surface area contributed by atoms with E-state index in [-0.39, 0.29) is 6.10 Å². The van der Waals surface area contributed by atoms with Gasteiger partial charge in [0.25, 0.3) is 0 Å². The summed E-state index contributed by atoms with van der Waals surface area (Å²) >= 11 is 0. The van der Waals surface area contributed by atoms with E-state index in [0.717, 1.165) is 10.9 Å². The molecule has 0 aliphatic carbocycles. The summed E-state index contributed by atoms with van der Waals surface area (Å²) in [6.07, 6.45) is 1.57. The number of nitrogens with one attached hydrogen (secondary N) is 2. The SMILES string of the molecule is CNc1nc(OC(C)c2ccccc2)c2cn[nH]c2n1. The second-order valence-corrected chi connectivity index (χ2v) is 4.41. The van der Waals surface area contributed by atoms with Crippen LogP contribution >= 0.6 is 0 Å². The predicted molar refractivity (Wildman–Crippen MR) is 76.7 cm³/mol. The van der Waals surface area contributed by atoms with Crippen molar-refractivity contribution in [1.82, 2.24) is 20.2 Å². The van der Waals surface area contributed by atoms with Gasteiger partial charge in [-0.3, -0.25) is 5.10 Å². The van der Waals surface area contributed by atoms with Gasteiger partial charge in [0, 0.05) is 7.05 Å². The Bertz CT molecular complexity index is 710. The Balaban J connectivity index is 1.95. The van der Waals surface area contributed by atoms with Crippen LogP contribution in [0.25, 0.3) is 11.0 Å². The topological polar surface area (TPSA) is 75.7 Å². The molecule has 0 saturated heterocycles. The lowest BCUT2D eigenvalue weighted by Crippen LogP contribution is -2.06. The molecule has 2 N–H and O–H groups in total. The van der Waals surface area contributed by atoms with Gasteiger partial charge < -0.3 is 10.1 Å². The van der Waals surface area contributed by atoms with Crippen molar-refractivity contribution in [2.75, 3.05) is 12.4 Å². The molecule has 102 valence electrons. The first kappa shape index (κ1) is 12.4. The molecule has 3 rings (SSSR count). The zero-order valence-electron chi connectivity index (χ0n) is 11.3. The minimum Gasteiger partial charge on any atom is -0.469 e. The number of rotatable bonds is 4. The minimum absolute atomic E-state index is 0.103. The fourth-order valence-corrected chi connectivity index (χ4v) is 1.97. The second-order valence-electron chi connectivity index (χ2n) is 4.41. The molecule has 2 aromatic heterocycles. The highest BCUT2D eigenvalue weighted by Crippen LogP contribution is 2.27. The normalized spacial score (nSPS) is 12.3. The molecule has 20 heavy (non-hydrogen) atoms. The zero-order chi connectivity index (χ0) is 13.9. The van der Waals surface area contributed by atoms with Crippen molar-refractivity contribution < 1.29 is 4.74 Å². The Morgan fingerprint density at radius 1 is 1.20 bits per heavy atom. The van der Waals surface area contributed by atoms with Crippen molar-refractivity contribution in [3.05, 3.63) is 42.1 Å². The number of aromatic amines is 1. The smallest absolute Gasteiger partial charge is 0.230 e. The van der Waals surface area contributed by atoms with Crippen LogP contribution in [0.5, 0.6) is 5.88 Å². The molecule has 1 atom stereocenters. The summed E-state index contributed by atoms with van der Waals surface area (Å²) in [5.41, 5.74) is 1.74. The average Bonchev–Trinajstić information content (AvgIpc) is 2.96. The molecule has 0 radical (unpaired) electrons. The summed E-state index contributed by atoms with van der Waals surface area (Å²) in [6.45, 7) is 1.99. The number of hydrogen-bond acceptors (Lipinski definition) is 5. The number of nitrogens with zero attached hydrogens (tertiary/aromatic N) is 3. The fraction of sp³-hybridized carbons (Fsp3) is 0.214. The van der Waals surface area contributed by atoms with Crippen molar-refractivity contribution in [1.29, 1.82) is 0 Å². The average molecular weight is 269 g/mol. The fourth-order valence-electron chi connectivity index (χ4n) is 1.97. The Kier molecular flexibility index (Phi) is 3.20. The summed E-state index contributed by atoms with van der Waals surface area (Å²) in [4.78, 5) is 8.63. The highest BCUT2D eigenvalue weighted by atomic mass is 16.5. The molecule has 0 aliphatic heterocycles. The van der Waals surface area contributed by atoms with E-state index >= 15 is 0 Å². The third-order valence-electron chi connectivity index (χ3n) is 3.06.